The number of hydrogen-bond acceptors (Lipinski definition) is 5. The van der Waals surface area contributed by atoms with Gasteiger partial charge in [-0.05, 0) is 97.5 Å². The number of ketones is 2. The molecule has 2 N–H and O–H groups in total. The van der Waals surface area contributed by atoms with Crippen LogP contribution in [0.4, 0.5) is 8.78 Å². The van der Waals surface area contributed by atoms with E-state index in [2.05, 4.69) is 0 Å². The van der Waals surface area contributed by atoms with Gasteiger partial charge >= 0.3 is 5.97 Å². The number of aryl methyl sites for hydroxylation is 2. The zero-order chi connectivity index (χ0) is 33.0. The van der Waals surface area contributed by atoms with Crippen molar-refractivity contribution in [2.75, 3.05) is 0 Å². The molecule has 0 saturated carbocycles. The number of hydrogen-bond donors (Lipinski definition) is 2. The largest absolute Gasteiger partial charge is 0.507 e. The number of rotatable bonds is 7. The lowest BCUT2D eigenvalue weighted by atomic mass is 10.0. The highest BCUT2D eigenvalue weighted by molar-refractivity contribution is 6.02. The van der Waals surface area contributed by atoms with Gasteiger partial charge in [0.2, 0.25) is 0 Å². The number of carboxylic acids is 1. The van der Waals surface area contributed by atoms with E-state index >= 15 is 0 Å². The van der Waals surface area contributed by atoms with Crippen LogP contribution in [-0.4, -0.2) is 33.3 Å². The van der Waals surface area contributed by atoms with Gasteiger partial charge in [-0.2, -0.15) is 0 Å². The molecule has 0 radical (unpaired) electrons. The van der Waals surface area contributed by atoms with Crippen LogP contribution in [0.2, 0.25) is 0 Å². The minimum absolute atomic E-state index is 0.0343. The van der Waals surface area contributed by atoms with Gasteiger partial charge in [0, 0.05) is 35.1 Å². The van der Waals surface area contributed by atoms with Crippen LogP contribution in [0, 0.1) is 11.6 Å². The average Bonchev–Trinajstić information content (AvgIpc) is 3.57. The summed E-state index contributed by atoms with van der Waals surface area (Å²) in [4.78, 5) is 35.0. The Morgan fingerprint density at radius 1 is 0.696 bits per heavy atom. The molecule has 6 nitrogen and oxygen atoms in total. The first-order valence-corrected chi connectivity index (χ1v) is 14.8. The number of phenolic OH excluding ortho intramolecular Hbond substituents is 1. The maximum Gasteiger partial charge on any atom is 0.347 e. The highest BCUT2D eigenvalue weighted by atomic mass is 19.1. The molecule has 0 aliphatic heterocycles. The summed E-state index contributed by atoms with van der Waals surface area (Å²) in [5.74, 6) is -1.14. The summed E-state index contributed by atoms with van der Waals surface area (Å²) < 4.78 is 31.5. The molecule has 0 fully saturated rings. The predicted octanol–water partition coefficient (Wildman–Crippen LogP) is 8.20. The summed E-state index contributed by atoms with van der Waals surface area (Å²) in [5.41, 5.74) is 4.67. The maximum absolute atomic E-state index is 13.0. The smallest absolute Gasteiger partial charge is 0.347 e. The first-order chi connectivity index (χ1) is 21.9. The number of aromatic hydroxyl groups is 1. The molecule has 0 aromatic heterocycles. The van der Waals surface area contributed by atoms with Gasteiger partial charge in [-0.25, -0.2) is 13.6 Å². The van der Waals surface area contributed by atoms with E-state index in [1.165, 1.54) is 44.2 Å². The lowest BCUT2D eigenvalue weighted by Crippen LogP contribution is -2.38. The van der Waals surface area contributed by atoms with Crippen molar-refractivity contribution < 1.29 is 38.1 Å². The van der Waals surface area contributed by atoms with Gasteiger partial charge in [0.1, 0.15) is 23.1 Å². The van der Waals surface area contributed by atoms with E-state index in [0.717, 1.165) is 28.7 Å². The molecule has 4 aromatic rings. The quantitative estimate of drug-likeness (QED) is 0.202. The Bertz CT molecular complexity index is 1870. The number of Topliss-reactive ketones (excluding diaryl/α,β-unsaturated/α-hetero) is 2. The molecular weight excluding hydrogens is 590 g/mol. The van der Waals surface area contributed by atoms with Crippen molar-refractivity contribution in [1.29, 1.82) is 0 Å². The van der Waals surface area contributed by atoms with E-state index in [1.807, 2.05) is 12.1 Å². The molecule has 0 amide bonds. The van der Waals surface area contributed by atoms with Gasteiger partial charge in [-0.3, -0.25) is 9.59 Å². The minimum atomic E-state index is -1.44. The molecule has 234 valence electrons. The van der Waals surface area contributed by atoms with Crippen LogP contribution in [0.25, 0.3) is 24.3 Å². The van der Waals surface area contributed by atoms with E-state index in [4.69, 9.17) is 4.74 Å². The standard InChI is InChI=1S/C21H19FO4.C17H13FO2/c1-21(2,20(24)25)26-19-12-17-14(7-10-18(17)23)11-15(19)6-3-13-4-8-16(22)9-5-13;18-14-6-2-11(3-7-14)1-4-13-9-12-5-8-16(19)15(12)10-17(13)20/h3-6,8-9,11-12H,7,10H2,1-2H3,(H,24,25);1-4,6-7,9-10,20H,5,8H2/b6-3+;4-1+. The van der Waals surface area contributed by atoms with Crippen LogP contribution < -0.4 is 4.74 Å². The maximum atomic E-state index is 13.0. The number of ether oxygens (including phenoxy) is 1. The summed E-state index contributed by atoms with van der Waals surface area (Å²) >= 11 is 0. The second kappa shape index (κ2) is 13.3. The lowest BCUT2D eigenvalue weighted by molar-refractivity contribution is -0.152. The van der Waals surface area contributed by atoms with Crippen LogP contribution >= 0.6 is 0 Å². The molecule has 2 aliphatic carbocycles. The van der Waals surface area contributed by atoms with Gasteiger partial charge in [0.15, 0.2) is 17.2 Å². The summed E-state index contributed by atoms with van der Waals surface area (Å²) in [7, 11) is 0. The molecular formula is C38H32F2O6. The van der Waals surface area contributed by atoms with Crippen molar-refractivity contribution >= 4 is 41.8 Å². The SMILES string of the molecule is CC(C)(Oc1cc2c(cc1/C=C/c1ccc(F)cc1)CCC2=O)C(=O)O.O=C1CCc2cc(/C=C/c3ccc(F)cc3)c(O)cc21. The summed E-state index contributed by atoms with van der Waals surface area (Å²) in [6.45, 7) is 2.91. The van der Waals surface area contributed by atoms with Crippen LogP contribution in [0.3, 0.4) is 0 Å². The highest BCUT2D eigenvalue weighted by Crippen LogP contribution is 2.34. The topological polar surface area (TPSA) is 101 Å². The first-order valence-electron chi connectivity index (χ1n) is 14.8. The number of fused-ring (bicyclic) bond motifs is 2. The van der Waals surface area contributed by atoms with E-state index < -0.39 is 11.6 Å². The molecule has 0 heterocycles. The lowest BCUT2D eigenvalue weighted by Gasteiger charge is -2.23. The van der Waals surface area contributed by atoms with E-state index in [-0.39, 0.29) is 29.0 Å². The van der Waals surface area contributed by atoms with E-state index in [1.54, 1.807) is 54.6 Å². The number of benzene rings is 4. The van der Waals surface area contributed by atoms with Crippen LogP contribution in [0.1, 0.15) is 80.8 Å². The number of halogens is 2. The van der Waals surface area contributed by atoms with Gasteiger partial charge in [-0.1, -0.05) is 48.6 Å². The molecule has 0 bridgehead atoms. The third kappa shape index (κ3) is 7.46. The Labute approximate surface area is 265 Å². The highest BCUT2D eigenvalue weighted by Gasteiger charge is 2.31. The fraction of sp³-hybridized carbons (Fsp3) is 0.184. The predicted molar refractivity (Wildman–Crippen MR) is 173 cm³/mol. The molecule has 4 aromatic carbocycles. The van der Waals surface area contributed by atoms with Gasteiger partial charge < -0.3 is 14.9 Å². The number of aliphatic carboxylic acids is 1. The normalized spacial score (nSPS) is 13.9. The summed E-state index contributed by atoms with van der Waals surface area (Å²) in [6.07, 6.45) is 9.49. The van der Waals surface area contributed by atoms with Crippen molar-refractivity contribution in [3.63, 3.8) is 0 Å². The Morgan fingerprint density at radius 2 is 1.15 bits per heavy atom. The Hall–Kier alpha value is -5.37. The van der Waals surface area contributed by atoms with E-state index in [0.29, 0.717) is 47.3 Å². The van der Waals surface area contributed by atoms with Gasteiger partial charge in [-0.15, -0.1) is 0 Å². The third-order valence-electron chi connectivity index (χ3n) is 7.86. The first kappa shape index (κ1) is 32.0. The molecule has 0 saturated heterocycles. The van der Waals surface area contributed by atoms with Gasteiger partial charge in [0.25, 0.3) is 0 Å². The number of carboxylic acid groups (broad SMARTS) is 1. The van der Waals surface area contributed by atoms with Crippen LogP contribution in [-0.2, 0) is 17.6 Å². The molecule has 46 heavy (non-hydrogen) atoms. The fourth-order valence-electron chi connectivity index (χ4n) is 5.18. The number of phenols is 1. The summed E-state index contributed by atoms with van der Waals surface area (Å²) in [6, 6.07) is 19.0. The third-order valence-corrected chi connectivity index (χ3v) is 7.86. The van der Waals surface area contributed by atoms with Crippen LogP contribution in [0.5, 0.6) is 11.5 Å². The molecule has 6 rings (SSSR count). The molecule has 0 unspecified atom stereocenters. The average molecular weight is 623 g/mol. The second-order valence-corrected chi connectivity index (χ2v) is 11.6. The zero-order valence-corrected chi connectivity index (χ0v) is 25.3. The number of carbonyl (C=O) groups excluding carboxylic acids is 2. The van der Waals surface area contributed by atoms with Crippen LogP contribution in [0.15, 0.2) is 72.8 Å². The monoisotopic (exact) mass is 622 g/mol. The summed E-state index contributed by atoms with van der Waals surface area (Å²) in [5, 5.41) is 19.3. The molecule has 2 aliphatic rings. The zero-order valence-electron chi connectivity index (χ0n) is 25.3. The fourth-order valence-corrected chi connectivity index (χ4v) is 5.18. The van der Waals surface area contributed by atoms with Crippen molar-refractivity contribution in [3.05, 3.63) is 129 Å². The molecule has 0 atom stereocenters. The Kier molecular flexibility index (Phi) is 9.28. The van der Waals surface area contributed by atoms with Crippen molar-refractivity contribution in [1.82, 2.24) is 0 Å². The number of carbonyl (C=O) groups is 3. The van der Waals surface area contributed by atoms with Crippen molar-refractivity contribution in [2.45, 2.75) is 45.1 Å². The van der Waals surface area contributed by atoms with Crippen molar-refractivity contribution in [2.24, 2.45) is 0 Å². The van der Waals surface area contributed by atoms with Gasteiger partial charge in [0.05, 0.1) is 0 Å². The molecule has 0 spiro atoms. The Balaban J connectivity index is 0.000000187. The minimum Gasteiger partial charge on any atom is -0.507 e. The van der Waals surface area contributed by atoms with Crippen molar-refractivity contribution in [3.8, 4) is 11.5 Å². The molecule has 8 heteroatoms. The van der Waals surface area contributed by atoms with E-state index in [9.17, 15) is 33.4 Å². The second-order valence-electron chi connectivity index (χ2n) is 11.6. The Morgan fingerprint density at radius 3 is 1.65 bits per heavy atom.